The lowest BCUT2D eigenvalue weighted by Crippen LogP contribution is -2.46. The van der Waals surface area contributed by atoms with Gasteiger partial charge in [-0.25, -0.2) is 17.6 Å². The summed E-state index contributed by atoms with van der Waals surface area (Å²) in [6.07, 6.45) is 12.2. The molecule has 2 aliphatic heterocycles. The zero-order chi connectivity index (χ0) is 52.4. The lowest BCUT2D eigenvalue weighted by atomic mass is 9.68. The second-order valence-electron chi connectivity index (χ2n) is 21.5. The number of fused-ring (bicyclic) bond motifs is 2. The van der Waals surface area contributed by atoms with Gasteiger partial charge in [-0.05, 0) is 142 Å². The number of rotatable bonds is 19. The Morgan fingerprint density at radius 2 is 1.69 bits per heavy atom. The number of carbonyl (C=O) groups excluding carboxylic acids is 1. The van der Waals surface area contributed by atoms with E-state index < -0.39 is 28.7 Å². The molecule has 2 saturated heterocycles. The van der Waals surface area contributed by atoms with E-state index in [2.05, 4.69) is 76.9 Å². The number of halogens is 5. The molecule has 1 aromatic heterocycles. The Hall–Kier alpha value is -5.63. The van der Waals surface area contributed by atoms with Crippen LogP contribution in [0, 0.1) is 29.2 Å². The van der Waals surface area contributed by atoms with Crippen molar-refractivity contribution in [1.29, 1.82) is 0 Å². The number of hydrogen-bond donors (Lipinski definition) is 4. The fourth-order valence-corrected chi connectivity index (χ4v) is 13.7. The molecule has 14 heteroatoms. The molecule has 0 radical (unpaired) electrons. The number of amides is 1. The second-order valence-corrected chi connectivity index (χ2v) is 21.9. The Morgan fingerprint density at radius 1 is 0.946 bits per heavy atom. The number of nitrogens with two attached hydrogens (primary N) is 1. The molecule has 0 bridgehead atoms. The summed E-state index contributed by atoms with van der Waals surface area (Å²) in [5, 5.41) is 15.0. The number of carbonyl (C=O) groups is 1. The van der Waals surface area contributed by atoms with Gasteiger partial charge in [0.1, 0.15) is 28.8 Å². The van der Waals surface area contributed by atoms with Crippen molar-refractivity contribution in [3.8, 4) is 11.1 Å². The molecule has 1 amide bonds. The van der Waals surface area contributed by atoms with Gasteiger partial charge in [-0.3, -0.25) is 9.48 Å². The first-order valence-electron chi connectivity index (χ1n) is 26.9. The molecule has 3 fully saturated rings. The number of likely N-dealkylation sites (tertiary alicyclic amines) is 1. The normalized spacial score (nSPS) is 22.0. The highest BCUT2D eigenvalue weighted by molar-refractivity contribution is 6.34. The SMILES string of the molecule is C=C1CCN(c2nn(C)c3c(F)c(C4CCN(C(CCNC=O)CCC5CCC(NCC6(c7ccccc7)Cc7cc(F)c(Cl)c(-c8c(C(=C)N)ccc(CCC)c8F)c7C6CC)CC5)CC4)c(F)cc23)C(=C)N1. The Labute approximate surface area is 439 Å². The summed E-state index contributed by atoms with van der Waals surface area (Å²) < 4.78 is 67.2. The monoisotopic (exact) mass is 1030 g/mol. The van der Waals surface area contributed by atoms with Crippen molar-refractivity contribution in [2.24, 2.45) is 18.7 Å². The maximum atomic E-state index is 16.8. The van der Waals surface area contributed by atoms with Gasteiger partial charge in [0, 0.05) is 84.2 Å². The van der Waals surface area contributed by atoms with Gasteiger partial charge < -0.3 is 31.5 Å². The van der Waals surface area contributed by atoms with E-state index in [0.717, 1.165) is 86.6 Å². The van der Waals surface area contributed by atoms with Crippen LogP contribution in [0.2, 0.25) is 5.02 Å². The standard InChI is InChI=1S/C60H73ClF4N8O/c1-7-12-41-18-22-46(37(4)66)53(56(41)64)54-51-42(31-50(63)55(54)61)33-60(48(51)8-2,43-13-10-9-11-14-43)34-68-44-19-15-39(16-20-44)17-21-45(23-27-67-35-74)72-28-25-40(26-29-72)52-49(62)32-47-58(57(52)65)71(6)70-59(47)73-30-24-36(3)69-38(73)5/h9-11,13-14,18,22,31-32,35,39-40,44-45,48,68-69H,3-5,7-8,12,15-17,19-21,23-30,33-34,66H2,1-2,6H3,(H,67,74). The topological polar surface area (TPSA) is 103 Å². The third-order valence-corrected chi connectivity index (χ3v) is 17.5. The van der Waals surface area contributed by atoms with Crippen LogP contribution in [0.3, 0.4) is 0 Å². The van der Waals surface area contributed by atoms with E-state index in [1.807, 2.05) is 17.9 Å². The van der Waals surface area contributed by atoms with Crippen molar-refractivity contribution in [1.82, 2.24) is 30.6 Å². The highest BCUT2D eigenvalue weighted by Gasteiger charge is 2.49. The molecule has 3 heterocycles. The molecule has 74 heavy (non-hydrogen) atoms. The van der Waals surface area contributed by atoms with Crippen LogP contribution in [0.5, 0.6) is 0 Å². The summed E-state index contributed by atoms with van der Waals surface area (Å²) in [4.78, 5) is 15.7. The van der Waals surface area contributed by atoms with Crippen LogP contribution in [-0.4, -0.2) is 65.9 Å². The Bertz CT molecular complexity index is 2910. The summed E-state index contributed by atoms with van der Waals surface area (Å²) in [7, 11) is 1.70. The predicted molar refractivity (Wildman–Crippen MR) is 292 cm³/mol. The van der Waals surface area contributed by atoms with Crippen molar-refractivity contribution in [3.63, 3.8) is 0 Å². The number of benzene rings is 4. The van der Waals surface area contributed by atoms with Crippen molar-refractivity contribution in [2.45, 2.75) is 133 Å². The quantitative estimate of drug-likeness (QED) is 0.0371. The number of nitrogens with zero attached hydrogens (tertiary/aromatic N) is 4. The number of hydrogen-bond acceptors (Lipinski definition) is 7. The molecule has 4 aromatic carbocycles. The molecule has 9 nitrogen and oxygen atoms in total. The van der Waals surface area contributed by atoms with Crippen LogP contribution in [0.1, 0.15) is 136 Å². The van der Waals surface area contributed by atoms with Crippen LogP contribution in [0.15, 0.2) is 85.9 Å². The number of aryl methyl sites for hydroxylation is 2. The summed E-state index contributed by atoms with van der Waals surface area (Å²) in [5.41, 5.74) is 11.8. The zero-order valence-corrected chi connectivity index (χ0v) is 44.1. The highest BCUT2D eigenvalue weighted by Crippen LogP contribution is 2.56. The summed E-state index contributed by atoms with van der Waals surface area (Å²) >= 11 is 6.99. The van der Waals surface area contributed by atoms with Gasteiger partial charge in [0.2, 0.25) is 6.41 Å². The zero-order valence-electron chi connectivity index (χ0n) is 43.4. The second kappa shape index (κ2) is 22.7. The van der Waals surface area contributed by atoms with E-state index in [4.69, 9.17) is 17.3 Å². The van der Waals surface area contributed by atoms with Gasteiger partial charge in [-0.15, -0.1) is 0 Å². The molecular weight excluding hydrogens is 960 g/mol. The minimum atomic E-state index is -0.573. The fraction of sp³-hybridized carbons (Fsp3) is 0.467. The average molecular weight is 1030 g/mol. The van der Waals surface area contributed by atoms with Gasteiger partial charge in [-0.2, -0.15) is 5.10 Å². The molecule has 2 aliphatic carbocycles. The molecule has 3 unspecified atom stereocenters. The molecule has 5 N–H and O–H groups in total. The van der Waals surface area contributed by atoms with Crippen LogP contribution in [-0.2, 0) is 30.1 Å². The van der Waals surface area contributed by atoms with Crippen molar-refractivity contribution >= 4 is 40.4 Å². The molecule has 1 saturated carbocycles. The maximum absolute atomic E-state index is 16.8. The van der Waals surface area contributed by atoms with Crippen molar-refractivity contribution in [3.05, 3.63) is 148 Å². The number of aromatic nitrogens is 2. The van der Waals surface area contributed by atoms with Gasteiger partial charge in [-0.1, -0.05) is 94.1 Å². The third kappa shape index (κ3) is 10.2. The van der Waals surface area contributed by atoms with Crippen LogP contribution in [0.25, 0.3) is 27.7 Å². The van der Waals surface area contributed by atoms with Crippen molar-refractivity contribution in [2.75, 3.05) is 37.6 Å². The smallest absolute Gasteiger partial charge is 0.207 e. The summed E-state index contributed by atoms with van der Waals surface area (Å²) in [6.45, 7) is 19.4. The Balaban J connectivity index is 0.865. The third-order valence-electron chi connectivity index (χ3n) is 17.2. The fourth-order valence-electron chi connectivity index (χ4n) is 13.4. The van der Waals surface area contributed by atoms with Gasteiger partial charge >= 0.3 is 0 Å². The Kier molecular flexibility index (Phi) is 16.3. The number of anilines is 1. The molecule has 0 spiro atoms. The van der Waals surface area contributed by atoms with Gasteiger partial charge in [0.15, 0.2) is 11.6 Å². The maximum Gasteiger partial charge on any atom is 0.207 e. The molecule has 4 aliphatic rings. The highest BCUT2D eigenvalue weighted by atomic mass is 35.5. The number of nitrogens with one attached hydrogen (secondary N) is 3. The van der Waals surface area contributed by atoms with Crippen LogP contribution in [0.4, 0.5) is 23.4 Å². The molecule has 5 aromatic rings. The summed E-state index contributed by atoms with van der Waals surface area (Å²) in [5.74, 6) is -0.885. The van der Waals surface area contributed by atoms with Crippen LogP contribution >= 0.6 is 11.6 Å². The molecule has 3 atom stereocenters. The lowest BCUT2D eigenvalue weighted by Gasteiger charge is -2.40. The van der Waals surface area contributed by atoms with E-state index in [9.17, 15) is 4.79 Å². The van der Waals surface area contributed by atoms with Crippen molar-refractivity contribution < 1.29 is 22.4 Å². The first-order valence-corrected chi connectivity index (χ1v) is 27.3. The average Bonchev–Trinajstić information content (AvgIpc) is 3.89. The minimum Gasteiger partial charge on any atom is -0.399 e. The van der Waals surface area contributed by atoms with E-state index in [1.54, 1.807) is 25.2 Å². The van der Waals surface area contributed by atoms with Gasteiger partial charge in [0.25, 0.3) is 0 Å². The largest absolute Gasteiger partial charge is 0.399 e. The van der Waals surface area contributed by atoms with E-state index in [1.165, 1.54) is 10.7 Å². The first kappa shape index (κ1) is 53.2. The van der Waals surface area contributed by atoms with E-state index >= 15 is 17.6 Å². The van der Waals surface area contributed by atoms with E-state index in [-0.39, 0.29) is 51.3 Å². The Morgan fingerprint density at radius 3 is 2.36 bits per heavy atom. The number of piperidine rings is 1. The van der Waals surface area contributed by atoms with Crippen LogP contribution < -0.4 is 26.6 Å². The molecule has 394 valence electrons. The first-order chi connectivity index (χ1) is 35.7. The van der Waals surface area contributed by atoms with Gasteiger partial charge in [0.05, 0.1) is 10.4 Å². The minimum absolute atomic E-state index is 0.0934. The molecule has 9 rings (SSSR count). The van der Waals surface area contributed by atoms with E-state index in [0.29, 0.717) is 104 Å². The predicted octanol–water partition coefficient (Wildman–Crippen LogP) is 12.4. The molecular formula is C60H73ClF4N8O. The summed E-state index contributed by atoms with van der Waals surface area (Å²) in [6, 6.07) is 17.5. The lowest BCUT2D eigenvalue weighted by molar-refractivity contribution is -0.109.